The van der Waals surface area contributed by atoms with Crippen molar-refractivity contribution in [3.05, 3.63) is 22.8 Å². The molecule has 0 bridgehead atoms. The van der Waals surface area contributed by atoms with Crippen molar-refractivity contribution in [3.8, 4) is 0 Å². The third-order valence-electron chi connectivity index (χ3n) is 6.95. The van der Waals surface area contributed by atoms with Crippen LogP contribution in [0.25, 0.3) is 0 Å². The number of ether oxygens (including phenoxy) is 1. The van der Waals surface area contributed by atoms with Crippen molar-refractivity contribution >= 4 is 40.0 Å². The van der Waals surface area contributed by atoms with Crippen LogP contribution in [0.2, 0.25) is 43.8 Å². The van der Waals surface area contributed by atoms with Gasteiger partial charge in [0.05, 0.1) is 12.7 Å². The smallest absolute Gasteiger partial charge is 0.356 e. The largest absolute Gasteiger partial charge is 0.461 e. The maximum atomic E-state index is 13.5. The lowest BCUT2D eigenvalue weighted by Gasteiger charge is -2.55. The van der Waals surface area contributed by atoms with Gasteiger partial charge < -0.3 is 14.9 Å². The van der Waals surface area contributed by atoms with E-state index in [4.69, 9.17) is 14.9 Å². The molecule has 0 aromatic heterocycles. The number of amides is 1. The van der Waals surface area contributed by atoms with Crippen LogP contribution in [0, 0.1) is 5.41 Å². The molecule has 32 heavy (non-hydrogen) atoms. The number of nitrogens with two attached hydrogens (primary N) is 1. The van der Waals surface area contributed by atoms with Gasteiger partial charge in [0.15, 0.2) is 8.32 Å². The Kier molecular flexibility index (Phi) is 8.04. The van der Waals surface area contributed by atoms with E-state index in [1.807, 2.05) is 19.9 Å². The summed E-state index contributed by atoms with van der Waals surface area (Å²) in [6, 6.07) is 0.889. The van der Waals surface area contributed by atoms with Crippen LogP contribution in [0.1, 0.15) is 34.6 Å². The predicted molar refractivity (Wildman–Crippen MR) is 138 cm³/mol. The Hall–Kier alpha value is -0.876. The van der Waals surface area contributed by atoms with Crippen LogP contribution in [-0.2, 0) is 18.8 Å². The Balaban J connectivity index is 2.26. The van der Waals surface area contributed by atoms with Gasteiger partial charge in [-0.2, -0.15) is 0 Å². The molecule has 1 fully saturated rings. The fraction of sp³-hybridized carbons (Fsp3) is 0.739. The molecular formula is C23H42N2O4SSi2. The zero-order valence-corrected chi connectivity index (χ0v) is 24.3. The maximum Gasteiger partial charge on any atom is 0.356 e. The van der Waals surface area contributed by atoms with E-state index in [0.29, 0.717) is 18.8 Å². The Morgan fingerprint density at radius 2 is 1.88 bits per heavy atom. The van der Waals surface area contributed by atoms with E-state index in [0.717, 1.165) is 10.9 Å². The highest BCUT2D eigenvalue weighted by atomic mass is 32.2. The number of carbonyl (C=O) groups excluding carboxylic acids is 2. The number of hydrogen-bond donors (Lipinski definition) is 1. The molecule has 2 heterocycles. The van der Waals surface area contributed by atoms with Gasteiger partial charge in [0.2, 0.25) is 5.91 Å². The van der Waals surface area contributed by atoms with Gasteiger partial charge in [0.25, 0.3) is 0 Å². The van der Waals surface area contributed by atoms with Crippen molar-refractivity contribution in [2.75, 3.05) is 13.2 Å². The number of carbonyl (C=O) groups is 2. The summed E-state index contributed by atoms with van der Waals surface area (Å²) in [6.07, 6.45) is 3.39. The summed E-state index contributed by atoms with van der Waals surface area (Å²) in [5, 5.41) is -0.141. The molecule has 0 aromatic carbocycles. The number of thioether (sulfide) groups is 1. The SMILES string of the molecule is C[C@@H](O[Si](C)(C)C(C)(C)C)[C@@]1(C)C(=O)N2C(C(=O)OCC[Si](C)(C)C)=C(/C=C/CN)S[C@@H]21. The van der Waals surface area contributed by atoms with Crippen LogP contribution >= 0.6 is 11.8 Å². The van der Waals surface area contributed by atoms with Crippen molar-refractivity contribution in [1.82, 2.24) is 4.90 Å². The summed E-state index contributed by atoms with van der Waals surface area (Å²) in [6.45, 7) is 22.4. The molecule has 6 nitrogen and oxygen atoms in total. The molecule has 0 radical (unpaired) electrons. The van der Waals surface area contributed by atoms with Crippen molar-refractivity contribution in [2.45, 2.75) is 89.9 Å². The highest BCUT2D eigenvalue weighted by Crippen LogP contribution is 2.58. The fourth-order valence-corrected chi connectivity index (χ4v) is 7.24. The summed E-state index contributed by atoms with van der Waals surface area (Å²) in [4.78, 5) is 28.9. The van der Waals surface area contributed by atoms with Gasteiger partial charge in [0.1, 0.15) is 16.5 Å². The van der Waals surface area contributed by atoms with Gasteiger partial charge in [-0.15, -0.1) is 0 Å². The van der Waals surface area contributed by atoms with Gasteiger partial charge in [-0.05, 0) is 44.1 Å². The van der Waals surface area contributed by atoms with Crippen LogP contribution in [0.5, 0.6) is 0 Å². The first-order chi connectivity index (χ1) is 14.5. The van der Waals surface area contributed by atoms with E-state index < -0.39 is 27.8 Å². The fourth-order valence-electron chi connectivity index (χ4n) is 3.49. The predicted octanol–water partition coefficient (Wildman–Crippen LogP) is 4.93. The van der Waals surface area contributed by atoms with Crippen LogP contribution < -0.4 is 5.73 Å². The average molecular weight is 499 g/mol. The van der Waals surface area contributed by atoms with Gasteiger partial charge in [0, 0.05) is 19.5 Å². The number of hydrogen-bond acceptors (Lipinski definition) is 6. The highest BCUT2D eigenvalue weighted by molar-refractivity contribution is 8.04. The number of esters is 1. The summed E-state index contributed by atoms with van der Waals surface area (Å²) >= 11 is 1.53. The van der Waals surface area contributed by atoms with E-state index in [-0.39, 0.29) is 22.4 Å². The lowest BCUT2D eigenvalue weighted by Crippen LogP contribution is -2.69. The van der Waals surface area contributed by atoms with E-state index >= 15 is 0 Å². The van der Waals surface area contributed by atoms with Gasteiger partial charge in [-0.25, -0.2) is 4.79 Å². The standard InChI is InChI=1S/C23H42N2O4SSi2/c1-16(29-32(9,10)22(2,3)4)23(5)20(27)25-18(17(12-11-13-24)30-21(23)25)19(26)28-14-15-31(6,7)8/h11-12,16,21H,13-15,24H2,1-10H3/b12-11+/t16-,21-,23+/m1/s1. The molecular weight excluding hydrogens is 457 g/mol. The van der Waals surface area contributed by atoms with Crippen LogP contribution in [-0.4, -0.2) is 57.8 Å². The molecule has 2 aliphatic heterocycles. The molecule has 1 saturated heterocycles. The molecule has 2 rings (SSSR count). The van der Waals surface area contributed by atoms with E-state index in [1.54, 1.807) is 11.0 Å². The van der Waals surface area contributed by atoms with E-state index in [1.165, 1.54) is 11.8 Å². The van der Waals surface area contributed by atoms with Crippen LogP contribution in [0.3, 0.4) is 0 Å². The number of nitrogens with zero attached hydrogens (tertiary/aromatic N) is 1. The summed E-state index contributed by atoms with van der Waals surface area (Å²) < 4.78 is 12.2. The Labute approximate surface area is 200 Å². The minimum absolute atomic E-state index is 0.0472. The van der Waals surface area contributed by atoms with Crippen LogP contribution in [0.4, 0.5) is 0 Å². The van der Waals surface area contributed by atoms with Crippen molar-refractivity contribution in [1.29, 1.82) is 0 Å². The highest BCUT2D eigenvalue weighted by Gasteiger charge is 2.66. The van der Waals surface area contributed by atoms with Crippen molar-refractivity contribution in [2.24, 2.45) is 11.1 Å². The molecule has 3 atom stereocenters. The summed E-state index contributed by atoms with van der Waals surface area (Å²) in [5.74, 6) is -0.502. The molecule has 182 valence electrons. The zero-order chi connectivity index (χ0) is 24.7. The van der Waals surface area contributed by atoms with Crippen molar-refractivity contribution in [3.63, 3.8) is 0 Å². The molecule has 2 aliphatic rings. The lowest BCUT2D eigenvalue weighted by molar-refractivity contribution is -0.170. The van der Waals surface area contributed by atoms with Gasteiger partial charge >= 0.3 is 5.97 Å². The van der Waals surface area contributed by atoms with Gasteiger partial charge in [-0.1, -0.05) is 58.3 Å². The molecule has 1 amide bonds. The summed E-state index contributed by atoms with van der Waals surface area (Å²) in [5.41, 5.74) is 5.30. The molecule has 0 unspecified atom stereocenters. The molecule has 0 aromatic rings. The number of allylic oxidation sites excluding steroid dienone is 1. The first kappa shape index (κ1) is 27.4. The number of rotatable bonds is 9. The Bertz CT molecular complexity index is 814. The third kappa shape index (κ3) is 5.27. The Morgan fingerprint density at radius 1 is 1.28 bits per heavy atom. The average Bonchev–Trinajstić information content (AvgIpc) is 2.99. The second-order valence-electron chi connectivity index (χ2n) is 11.7. The minimum atomic E-state index is -2.06. The summed E-state index contributed by atoms with van der Waals surface area (Å²) in [7, 11) is -3.39. The quantitative estimate of drug-likeness (QED) is 0.276. The van der Waals surface area contributed by atoms with Crippen molar-refractivity contribution < 1.29 is 18.8 Å². The lowest BCUT2D eigenvalue weighted by atomic mass is 9.75. The number of β-lactam (4-membered cyclic amide) rings is 1. The molecule has 0 aliphatic carbocycles. The third-order valence-corrected chi connectivity index (χ3v) is 14.7. The molecule has 0 spiro atoms. The molecule has 0 saturated carbocycles. The first-order valence-electron chi connectivity index (χ1n) is 11.4. The topological polar surface area (TPSA) is 81.9 Å². The second-order valence-corrected chi connectivity index (χ2v) is 23.2. The number of fused-ring (bicyclic) bond motifs is 1. The molecule has 9 heteroatoms. The maximum absolute atomic E-state index is 13.5. The minimum Gasteiger partial charge on any atom is -0.461 e. The van der Waals surface area contributed by atoms with Gasteiger partial charge in [-0.3, -0.25) is 9.69 Å². The molecule has 2 N–H and O–H groups in total. The van der Waals surface area contributed by atoms with E-state index in [2.05, 4.69) is 53.5 Å². The van der Waals surface area contributed by atoms with Crippen LogP contribution in [0.15, 0.2) is 22.8 Å². The Morgan fingerprint density at radius 3 is 2.38 bits per heavy atom. The first-order valence-corrected chi connectivity index (χ1v) is 18.9. The monoisotopic (exact) mass is 498 g/mol. The van der Waals surface area contributed by atoms with E-state index in [9.17, 15) is 9.59 Å². The normalized spacial score (nSPS) is 25.3. The zero-order valence-electron chi connectivity index (χ0n) is 21.5. The second kappa shape index (κ2) is 9.40.